The summed E-state index contributed by atoms with van der Waals surface area (Å²) in [5.41, 5.74) is 1.93. The molecule has 3 nitrogen and oxygen atoms in total. The van der Waals surface area contributed by atoms with E-state index in [4.69, 9.17) is 0 Å². The monoisotopic (exact) mass is 312 g/mol. The van der Waals surface area contributed by atoms with E-state index in [0.29, 0.717) is 19.1 Å². The van der Waals surface area contributed by atoms with Gasteiger partial charge in [-0.2, -0.15) is 0 Å². The Hall–Kier alpha value is -2.20. The lowest BCUT2D eigenvalue weighted by Crippen LogP contribution is -2.39. The van der Waals surface area contributed by atoms with Crippen LogP contribution in [0.2, 0.25) is 0 Å². The van der Waals surface area contributed by atoms with Gasteiger partial charge in [-0.25, -0.2) is 4.39 Å². The van der Waals surface area contributed by atoms with Crippen molar-refractivity contribution in [2.24, 2.45) is 0 Å². The molecule has 1 aliphatic carbocycles. The molecule has 3 rings (SSSR count). The molecule has 1 amide bonds. The van der Waals surface area contributed by atoms with Crippen molar-refractivity contribution in [1.82, 2.24) is 4.90 Å². The van der Waals surface area contributed by atoms with E-state index in [9.17, 15) is 9.18 Å². The molecule has 1 saturated carbocycles. The van der Waals surface area contributed by atoms with Crippen LogP contribution in [0, 0.1) is 5.82 Å². The molecular weight excluding hydrogens is 291 g/mol. The first kappa shape index (κ1) is 15.7. The number of nitrogens with zero attached hydrogens (tertiary/aromatic N) is 2. The Morgan fingerprint density at radius 3 is 2.35 bits per heavy atom. The molecule has 0 saturated heterocycles. The van der Waals surface area contributed by atoms with Crippen molar-refractivity contribution in [3.8, 4) is 0 Å². The van der Waals surface area contributed by atoms with E-state index in [2.05, 4.69) is 4.90 Å². The summed E-state index contributed by atoms with van der Waals surface area (Å²) in [7, 11) is 1.81. The maximum atomic E-state index is 13.0. The zero-order chi connectivity index (χ0) is 16.2. The van der Waals surface area contributed by atoms with Crippen molar-refractivity contribution in [3.05, 3.63) is 66.0 Å². The highest BCUT2D eigenvalue weighted by atomic mass is 19.1. The van der Waals surface area contributed by atoms with Gasteiger partial charge in [-0.05, 0) is 42.7 Å². The molecular formula is C19H21FN2O. The first-order valence-corrected chi connectivity index (χ1v) is 7.93. The van der Waals surface area contributed by atoms with Crippen LogP contribution in [-0.2, 0) is 11.3 Å². The van der Waals surface area contributed by atoms with Gasteiger partial charge < -0.3 is 4.90 Å². The summed E-state index contributed by atoms with van der Waals surface area (Å²) in [5, 5.41) is 0. The van der Waals surface area contributed by atoms with Gasteiger partial charge in [-0.1, -0.05) is 30.3 Å². The van der Waals surface area contributed by atoms with Crippen LogP contribution < -0.4 is 4.90 Å². The Kier molecular flexibility index (Phi) is 4.72. The number of hydrogen-bond acceptors (Lipinski definition) is 2. The highest BCUT2D eigenvalue weighted by Gasteiger charge is 2.31. The molecule has 1 fully saturated rings. The van der Waals surface area contributed by atoms with Crippen LogP contribution in [0.1, 0.15) is 18.4 Å². The minimum atomic E-state index is -0.230. The maximum absolute atomic E-state index is 13.0. The molecule has 0 spiro atoms. The number of carbonyl (C=O) groups excluding carboxylic acids is 1. The van der Waals surface area contributed by atoms with E-state index in [1.165, 1.54) is 12.1 Å². The summed E-state index contributed by atoms with van der Waals surface area (Å²) >= 11 is 0. The normalized spacial score (nSPS) is 14.0. The highest BCUT2D eigenvalue weighted by Crippen LogP contribution is 2.28. The number of anilines is 1. The largest absolute Gasteiger partial charge is 0.314 e. The number of para-hydroxylation sites is 1. The number of amides is 1. The molecule has 0 heterocycles. The van der Waals surface area contributed by atoms with Crippen LogP contribution in [0.3, 0.4) is 0 Å². The van der Waals surface area contributed by atoms with Gasteiger partial charge in [0.15, 0.2) is 0 Å². The van der Waals surface area contributed by atoms with Crippen molar-refractivity contribution in [1.29, 1.82) is 0 Å². The lowest BCUT2D eigenvalue weighted by molar-refractivity contribution is -0.119. The fraction of sp³-hybridized carbons (Fsp3) is 0.316. The summed E-state index contributed by atoms with van der Waals surface area (Å²) in [5.74, 6) is -0.156. The molecule has 0 aromatic heterocycles. The molecule has 0 radical (unpaired) electrons. The standard InChI is InChI=1S/C19H21FN2O/c1-21(17-5-3-2-4-6-17)19(23)14-22(18-11-12-18)13-15-7-9-16(20)10-8-15/h2-10,18H,11-14H2,1H3. The van der Waals surface area contributed by atoms with Crippen LogP contribution in [0.15, 0.2) is 54.6 Å². The van der Waals surface area contributed by atoms with Gasteiger partial charge >= 0.3 is 0 Å². The van der Waals surface area contributed by atoms with Crippen LogP contribution in [0.4, 0.5) is 10.1 Å². The zero-order valence-corrected chi connectivity index (χ0v) is 13.3. The molecule has 0 bridgehead atoms. The second-order valence-corrected chi connectivity index (χ2v) is 6.05. The van der Waals surface area contributed by atoms with Gasteiger partial charge in [0, 0.05) is 25.3 Å². The minimum Gasteiger partial charge on any atom is -0.314 e. The van der Waals surface area contributed by atoms with E-state index in [-0.39, 0.29) is 11.7 Å². The van der Waals surface area contributed by atoms with Crippen LogP contribution in [-0.4, -0.2) is 30.4 Å². The molecule has 0 N–H and O–H groups in total. The second-order valence-electron chi connectivity index (χ2n) is 6.05. The molecule has 1 aliphatic rings. The maximum Gasteiger partial charge on any atom is 0.240 e. The number of hydrogen-bond donors (Lipinski definition) is 0. The van der Waals surface area contributed by atoms with Crippen LogP contribution in [0.25, 0.3) is 0 Å². The van der Waals surface area contributed by atoms with Gasteiger partial charge in [0.1, 0.15) is 5.82 Å². The average Bonchev–Trinajstić information content (AvgIpc) is 3.41. The molecule has 23 heavy (non-hydrogen) atoms. The minimum absolute atomic E-state index is 0.0743. The Labute approximate surface area is 136 Å². The van der Waals surface area contributed by atoms with Crippen LogP contribution >= 0.6 is 0 Å². The van der Waals surface area contributed by atoms with E-state index in [1.807, 2.05) is 30.3 Å². The fourth-order valence-corrected chi connectivity index (χ4v) is 2.65. The van der Waals surface area contributed by atoms with Crippen molar-refractivity contribution >= 4 is 11.6 Å². The van der Waals surface area contributed by atoms with Crippen molar-refractivity contribution in [2.45, 2.75) is 25.4 Å². The number of halogens is 1. The topological polar surface area (TPSA) is 23.6 Å². The lowest BCUT2D eigenvalue weighted by atomic mass is 10.2. The predicted octanol–water partition coefficient (Wildman–Crippen LogP) is 3.45. The Morgan fingerprint density at radius 2 is 1.74 bits per heavy atom. The first-order valence-electron chi connectivity index (χ1n) is 7.93. The molecule has 2 aromatic carbocycles. The number of likely N-dealkylation sites (N-methyl/N-ethyl adjacent to an activating group) is 1. The number of benzene rings is 2. The summed E-state index contributed by atoms with van der Waals surface area (Å²) in [6.07, 6.45) is 2.26. The average molecular weight is 312 g/mol. The Morgan fingerprint density at radius 1 is 1.09 bits per heavy atom. The molecule has 0 unspecified atom stereocenters. The Balaban J connectivity index is 1.65. The van der Waals surface area contributed by atoms with Crippen molar-refractivity contribution in [2.75, 3.05) is 18.5 Å². The molecule has 4 heteroatoms. The van der Waals surface area contributed by atoms with Gasteiger partial charge in [0.25, 0.3) is 0 Å². The lowest BCUT2D eigenvalue weighted by Gasteiger charge is -2.25. The SMILES string of the molecule is CN(C(=O)CN(Cc1ccc(F)cc1)C1CC1)c1ccccc1. The van der Waals surface area contributed by atoms with Gasteiger partial charge in [-0.3, -0.25) is 9.69 Å². The third-order valence-electron chi connectivity index (χ3n) is 4.22. The smallest absolute Gasteiger partial charge is 0.240 e. The quantitative estimate of drug-likeness (QED) is 0.815. The van der Waals surface area contributed by atoms with Crippen LogP contribution in [0.5, 0.6) is 0 Å². The number of carbonyl (C=O) groups is 1. The summed E-state index contributed by atoms with van der Waals surface area (Å²) in [6, 6.07) is 16.6. The van der Waals surface area contributed by atoms with E-state index in [1.54, 1.807) is 24.1 Å². The molecule has 2 aromatic rings. The molecule has 0 aliphatic heterocycles. The second kappa shape index (κ2) is 6.92. The number of rotatable bonds is 6. The van der Waals surface area contributed by atoms with Crippen molar-refractivity contribution in [3.63, 3.8) is 0 Å². The van der Waals surface area contributed by atoms with E-state index < -0.39 is 0 Å². The summed E-state index contributed by atoms with van der Waals surface area (Å²) < 4.78 is 13.0. The third-order valence-corrected chi connectivity index (χ3v) is 4.22. The van der Waals surface area contributed by atoms with Gasteiger partial charge in [0.2, 0.25) is 5.91 Å². The third kappa shape index (κ3) is 4.17. The first-order chi connectivity index (χ1) is 11.1. The van der Waals surface area contributed by atoms with E-state index in [0.717, 1.165) is 24.1 Å². The van der Waals surface area contributed by atoms with Gasteiger partial charge in [0.05, 0.1) is 6.54 Å². The molecule has 0 atom stereocenters. The van der Waals surface area contributed by atoms with Crippen molar-refractivity contribution < 1.29 is 9.18 Å². The zero-order valence-electron chi connectivity index (χ0n) is 13.3. The molecule has 120 valence electrons. The summed E-state index contributed by atoms with van der Waals surface area (Å²) in [4.78, 5) is 16.4. The van der Waals surface area contributed by atoms with Gasteiger partial charge in [-0.15, -0.1) is 0 Å². The predicted molar refractivity (Wildman–Crippen MR) is 89.7 cm³/mol. The fourth-order valence-electron chi connectivity index (χ4n) is 2.65. The summed E-state index contributed by atoms with van der Waals surface area (Å²) in [6.45, 7) is 1.06. The van der Waals surface area contributed by atoms with E-state index >= 15 is 0 Å². The highest BCUT2D eigenvalue weighted by molar-refractivity contribution is 5.94. The Bertz CT molecular complexity index is 653.